The Morgan fingerprint density at radius 2 is 1.39 bits per heavy atom. The largest absolute Gasteiger partial charge is 1.00 e. The molecule has 23 heavy (non-hydrogen) atoms. The summed E-state index contributed by atoms with van der Waals surface area (Å²) in [6.45, 7) is 3.95. The topological polar surface area (TPSA) is 17.1 Å². The number of unbranched alkanes of at least 4 members (excludes halogenated alkanes) is 7. The summed E-state index contributed by atoms with van der Waals surface area (Å²) >= 11 is 0. The molecule has 0 saturated carbocycles. The van der Waals surface area contributed by atoms with Crippen molar-refractivity contribution >= 4 is 5.78 Å². The predicted octanol–water partition coefficient (Wildman–Crippen LogP) is 2.09. The summed E-state index contributed by atoms with van der Waals surface area (Å²) in [7, 11) is 4.34. The van der Waals surface area contributed by atoms with E-state index in [2.05, 4.69) is 21.0 Å². The van der Waals surface area contributed by atoms with Gasteiger partial charge in [-0.05, 0) is 12.8 Å². The number of hydrogen-bond donors (Lipinski definition) is 0. The highest BCUT2D eigenvalue weighted by Gasteiger charge is 2.20. The third-order valence-electron chi connectivity index (χ3n) is 4.28. The number of carbonyl (C=O) groups excluding carboxylic acids is 1. The number of hydrogen-bond acceptors (Lipinski definition) is 1. The molecule has 132 valence electrons. The molecule has 0 aromatic heterocycles. The number of benzene rings is 1. The average molecular weight is 340 g/mol. The molecule has 3 heteroatoms. The van der Waals surface area contributed by atoms with Crippen LogP contribution in [0.3, 0.4) is 0 Å². The van der Waals surface area contributed by atoms with Gasteiger partial charge in [0.1, 0.15) is 6.54 Å². The molecule has 0 N–H and O–H groups in total. The number of nitrogens with zero attached hydrogens (tertiary/aromatic N) is 1. The molecule has 0 aliphatic carbocycles. The molecule has 0 atom stereocenters. The van der Waals surface area contributed by atoms with E-state index in [0.29, 0.717) is 6.54 Å². The second kappa shape index (κ2) is 12.5. The molecule has 0 unspecified atom stereocenters. The van der Waals surface area contributed by atoms with Crippen LogP contribution in [0.15, 0.2) is 30.3 Å². The van der Waals surface area contributed by atoms with Crippen LogP contribution >= 0.6 is 0 Å². The van der Waals surface area contributed by atoms with E-state index in [1.54, 1.807) is 0 Å². The highest BCUT2D eigenvalue weighted by atomic mass is 35.5. The molecule has 1 aromatic rings. The van der Waals surface area contributed by atoms with Crippen molar-refractivity contribution in [2.45, 2.75) is 58.3 Å². The Bertz CT molecular complexity index is 417. The Morgan fingerprint density at radius 3 is 1.96 bits per heavy atom. The van der Waals surface area contributed by atoms with Crippen LogP contribution in [0.1, 0.15) is 68.6 Å². The molecule has 0 heterocycles. The molecule has 0 spiro atoms. The van der Waals surface area contributed by atoms with E-state index in [4.69, 9.17) is 0 Å². The van der Waals surface area contributed by atoms with Gasteiger partial charge in [-0.3, -0.25) is 4.79 Å². The molecule has 0 amide bonds. The summed E-state index contributed by atoms with van der Waals surface area (Å²) < 4.78 is 0.795. The minimum absolute atomic E-state index is 0. The van der Waals surface area contributed by atoms with E-state index in [0.717, 1.165) is 16.6 Å². The summed E-state index contributed by atoms with van der Waals surface area (Å²) in [5, 5.41) is 0. The van der Waals surface area contributed by atoms with E-state index in [1.807, 2.05) is 30.3 Å². The van der Waals surface area contributed by atoms with Gasteiger partial charge in [0.2, 0.25) is 5.78 Å². The Labute approximate surface area is 149 Å². The van der Waals surface area contributed by atoms with Crippen molar-refractivity contribution in [2.75, 3.05) is 27.2 Å². The molecule has 1 aromatic carbocycles. The molecule has 2 nitrogen and oxygen atoms in total. The van der Waals surface area contributed by atoms with Gasteiger partial charge in [0, 0.05) is 5.56 Å². The molecule has 0 aliphatic rings. The lowest BCUT2D eigenvalue weighted by atomic mass is 10.1. The van der Waals surface area contributed by atoms with Crippen LogP contribution < -0.4 is 12.4 Å². The van der Waals surface area contributed by atoms with Crippen LogP contribution in [0.2, 0.25) is 0 Å². The first-order valence-electron chi connectivity index (χ1n) is 8.95. The van der Waals surface area contributed by atoms with E-state index in [-0.39, 0.29) is 18.2 Å². The third-order valence-corrected chi connectivity index (χ3v) is 4.28. The van der Waals surface area contributed by atoms with Crippen molar-refractivity contribution in [3.63, 3.8) is 0 Å². The minimum atomic E-state index is 0. The fourth-order valence-electron chi connectivity index (χ4n) is 2.86. The van der Waals surface area contributed by atoms with Crippen LogP contribution in [0.4, 0.5) is 0 Å². The van der Waals surface area contributed by atoms with Crippen LogP contribution in [0.25, 0.3) is 0 Å². The SMILES string of the molecule is CCCCCCCCCC[N+](C)(C)CC(=O)c1ccccc1.[Cl-]. The summed E-state index contributed by atoms with van der Waals surface area (Å²) in [5.74, 6) is 0.255. The first-order chi connectivity index (χ1) is 10.5. The molecule has 0 fully saturated rings. The lowest BCUT2D eigenvalue weighted by molar-refractivity contribution is -0.882. The Morgan fingerprint density at radius 1 is 0.870 bits per heavy atom. The predicted molar refractivity (Wildman–Crippen MR) is 95.2 cm³/mol. The second-order valence-electron chi connectivity index (χ2n) is 7.08. The van der Waals surface area contributed by atoms with Crippen molar-refractivity contribution in [1.82, 2.24) is 0 Å². The number of halogens is 1. The second-order valence-corrected chi connectivity index (χ2v) is 7.08. The van der Waals surface area contributed by atoms with Gasteiger partial charge in [0.15, 0.2) is 0 Å². The monoisotopic (exact) mass is 339 g/mol. The number of Topliss-reactive ketones (excluding diaryl/α,β-unsaturated/α-hetero) is 1. The number of likely N-dealkylation sites (N-methyl/N-ethyl adjacent to an activating group) is 1. The van der Waals surface area contributed by atoms with E-state index >= 15 is 0 Å². The van der Waals surface area contributed by atoms with Crippen molar-refractivity contribution < 1.29 is 21.7 Å². The first kappa shape index (κ1) is 22.1. The van der Waals surface area contributed by atoms with Crippen molar-refractivity contribution in [3.8, 4) is 0 Å². The van der Waals surface area contributed by atoms with E-state index < -0.39 is 0 Å². The third kappa shape index (κ3) is 10.5. The Hall–Kier alpha value is -0.860. The van der Waals surface area contributed by atoms with Crippen LogP contribution in [0.5, 0.6) is 0 Å². The number of quaternary nitrogens is 1. The Balaban J connectivity index is 0.00000484. The maximum atomic E-state index is 12.3. The van der Waals surface area contributed by atoms with Crippen LogP contribution in [0, 0.1) is 0 Å². The highest BCUT2D eigenvalue weighted by Crippen LogP contribution is 2.11. The Kier molecular flexibility index (Phi) is 12.1. The lowest BCUT2D eigenvalue weighted by Gasteiger charge is -2.29. The standard InChI is InChI=1S/C20H34NO.ClH/c1-4-5-6-7-8-9-10-14-17-21(2,3)18-20(22)19-15-12-11-13-16-19;/h11-13,15-16H,4-10,14,17-18H2,1-3H3;1H/q+1;/p-1. The highest BCUT2D eigenvalue weighted by molar-refractivity contribution is 5.96. The normalized spacial score (nSPS) is 11.1. The molecule has 0 aliphatic heterocycles. The van der Waals surface area contributed by atoms with Crippen molar-refractivity contribution in [3.05, 3.63) is 35.9 Å². The van der Waals surface area contributed by atoms with Gasteiger partial charge in [-0.25, -0.2) is 0 Å². The van der Waals surface area contributed by atoms with Crippen LogP contribution in [-0.4, -0.2) is 37.5 Å². The number of carbonyl (C=O) groups is 1. The zero-order valence-electron chi connectivity index (χ0n) is 15.2. The summed E-state index contributed by atoms with van der Waals surface area (Å²) in [6.07, 6.45) is 10.7. The maximum absolute atomic E-state index is 12.3. The van der Waals surface area contributed by atoms with Gasteiger partial charge in [-0.2, -0.15) is 0 Å². The molecular weight excluding hydrogens is 306 g/mol. The zero-order chi connectivity index (χ0) is 16.3. The molecule has 0 bridgehead atoms. The van der Waals surface area contributed by atoms with Gasteiger partial charge in [-0.1, -0.05) is 75.8 Å². The van der Waals surface area contributed by atoms with Crippen LogP contribution in [-0.2, 0) is 0 Å². The summed E-state index contributed by atoms with van der Waals surface area (Å²) in [6, 6.07) is 9.66. The number of rotatable bonds is 12. The first-order valence-corrected chi connectivity index (χ1v) is 8.95. The van der Waals surface area contributed by atoms with Gasteiger partial charge >= 0.3 is 0 Å². The molecular formula is C20H34ClNO. The lowest BCUT2D eigenvalue weighted by Crippen LogP contribution is -3.00. The summed E-state index contributed by atoms with van der Waals surface area (Å²) in [4.78, 5) is 12.3. The zero-order valence-corrected chi connectivity index (χ0v) is 15.9. The van der Waals surface area contributed by atoms with E-state index in [1.165, 1.54) is 51.4 Å². The smallest absolute Gasteiger partial charge is 0.216 e. The fourth-order valence-corrected chi connectivity index (χ4v) is 2.86. The van der Waals surface area contributed by atoms with Gasteiger partial charge in [0.05, 0.1) is 20.6 Å². The fraction of sp³-hybridized carbons (Fsp3) is 0.650. The molecule has 0 saturated heterocycles. The van der Waals surface area contributed by atoms with Crippen molar-refractivity contribution in [1.29, 1.82) is 0 Å². The molecule has 0 radical (unpaired) electrons. The maximum Gasteiger partial charge on any atom is 0.216 e. The quantitative estimate of drug-likeness (QED) is 0.324. The van der Waals surface area contributed by atoms with E-state index in [9.17, 15) is 4.79 Å². The van der Waals surface area contributed by atoms with Crippen molar-refractivity contribution in [2.24, 2.45) is 0 Å². The minimum Gasteiger partial charge on any atom is -1.00 e. The average Bonchev–Trinajstić information content (AvgIpc) is 2.50. The molecule has 1 rings (SSSR count). The van der Waals surface area contributed by atoms with Gasteiger partial charge in [0.25, 0.3) is 0 Å². The van der Waals surface area contributed by atoms with Gasteiger partial charge < -0.3 is 16.9 Å². The van der Waals surface area contributed by atoms with Gasteiger partial charge in [-0.15, -0.1) is 0 Å². The number of ketones is 1. The summed E-state index contributed by atoms with van der Waals surface area (Å²) in [5.41, 5.74) is 0.838.